The summed E-state index contributed by atoms with van der Waals surface area (Å²) in [7, 11) is 0. The molecule has 9 heteroatoms. The van der Waals surface area contributed by atoms with E-state index in [9.17, 15) is 5.11 Å². The van der Waals surface area contributed by atoms with E-state index in [2.05, 4.69) is 15.3 Å². The van der Waals surface area contributed by atoms with Crippen molar-refractivity contribution < 1.29 is 19.3 Å². The number of hydrogen-bond donors (Lipinski definition) is 1. The summed E-state index contributed by atoms with van der Waals surface area (Å²) in [4.78, 5) is 0. The Balaban J connectivity index is 1.43. The van der Waals surface area contributed by atoms with Crippen LogP contribution in [-0.2, 0) is 34.0 Å². The molecule has 0 radical (unpaired) electrons. The third-order valence-corrected chi connectivity index (χ3v) is 6.35. The molecule has 5 rings (SSSR count). The summed E-state index contributed by atoms with van der Waals surface area (Å²) in [5.41, 5.74) is 3.41. The molecule has 0 aliphatic rings. The molecule has 5 aromatic rings. The summed E-state index contributed by atoms with van der Waals surface area (Å²) in [5, 5.41) is 24.7. The zero-order chi connectivity index (χ0) is 26.9. The molecule has 0 bridgehead atoms. The van der Waals surface area contributed by atoms with E-state index in [0.717, 1.165) is 16.7 Å². The summed E-state index contributed by atoms with van der Waals surface area (Å²) in [6.45, 7) is 0.871. The van der Waals surface area contributed by atoms with Gasteiger partial charge in [-0.25, -0.2) is 0 Å². The number of aliphatic hydroxyl groups is 1. The molecular weight excluding hydrogens is 516 g/mol. The summed E-state index contributed by atoms with van der Waals surface area (Å²) < 4.78 is 20.2. The number of fused-ring (bicyclic) bond motifs is 1. The van der Waals surface area contributed by atoms with Gasteiger partial charge in [0.05, 0.1) is 26.4 Å². The Bertz CT molecular complexity index is 1440. The molecule has 1 N–H and O–H groups in total. The standard InChI is InChI=1S/C30H29ClN4O4/c31-26-16-17-27-32-33-30(35(27)34-26)29(39-20-24-14-8-3-9-15-24)28(38-19-23-12-6-2-7-13-23)25(36)21-37-18-22-10-4-1-5-11-22/h1-17,25,28-29,36H,18-21H2. The molecule has 200 valence electrons. The first-order valence-electron chi connectivity index (χ1n) is 12.7. The molecule has 0 spiro atoms. The van der Waals surface area contributed by atoms with E-state index >= 15 is 0 Å². The number of hydrogen-bond acceptors (Lipinski definition) is 7. The van der Waals surface area contributed by atoms with Crippen LogP contribution < -0.4 is 0 Å². The molecule has 0 amide bonds. The highest BCUT2D eigenvalue weighted by atomic mass is 35.5. The largest absolute Gasteiger partial charge is 0.388 e. The Kier molecular flexibility index (Phi) is 9.26. The van der Waals surface area contributed by atoms with Crippen LogP contribution in [-0.4, -0.2) is 43.7 Å². The van der Waals surface area contributed by atoms with E-state index in [4.69, 9.17) is 25.8 Å². The second-order valence-corrected chi connectivity index (χ2v) is 9.42. The van der Waals surface area contributed by atoms with Crippen molar-refractivity contribution in [2.75, 3.05) is 6.61 Å². The van der Waals surface area contributed by atoms with Gasteiger partial charge in [0.2, 0.25) is 0 Å². The molecule has 0 fully saturated rings. The lowest BCUT2D eigenvalue weighted by Crippen LogP contribution is -2.40. The molecule has 3 unspecified atom stereocenters. The highest BCUT2D eigenvalue weighted by molar-refractivity contribution is 6.29. The van der Waals surface area contributed by atoms with Crippen molar-refractivity contribution >= 4 is 17.2 Å². The number of benzene rings is 3. The summed E-state index contributed by atoms with van der Waals surface area (Å²) in [5.74, 6) is 0.364. The Morgan fingerprint density at radius 2 is 1.26 bits per heavy atom. The van der Waals surface area contributed by atoms with Crippen LogP contribution in [0.5, 0.6) is 0 Å². The maximum atomic E-state index is 11.4. The number of nitrogens with zero attached hydrogens (tertiary/aromatic N) is 4. The van der Waals surface area contributed by atoms with Gasteiger partial charge in [-0.3, -0.25) is 0 Å². The first-order chi connectivity index (χ1) is 19.2. The summed E-state index contributed by atoms with van der Waals surface area (Å²) in [6.07, 6.45) is -2.76. The van der Waals surface area contributed by atoms with Gasteiger partial charge in [-0.2, -0.15) is 9.61 Å². The van der Waals surface area contributed by atoms with Crippen molar-refractivity contribution in [3.05, 3.63) is 131 Å². The van der Waals surface area contributed by atoms with E-state index in [0.29, 0.717) is 18.1 Å². The quantitative estimate of drug-likeness (QED) is 0.218. The fourth-order valence-corrected chi connectivity index (χ4v) is 4.31. The van der Waals surface area contributed by atoms with Gasteiger partial charge >= 0.3 is 0 Å². The Labute approximate surface area is 231 Å². The van der Waals surface area contributed by atoms with E-state index in [1.54, 1.807) is 12.1 Å². The molecule has 0 aliphatic heterocycles. The zero-order valence-corrected chi connectivity index (χ0v) is 22.0. The fourth-order valence-electron chi connectivity index (χ4n) is 4.17. The first kappa shape index (κ1) is 26.9. The second kappa shape index (κ2) is 13.4. The van der Waals surface area contributed by atoms with Gasteiger partial charge in [0.15, 0.2) is 11.5 Å². The molecular formula is C30H29ClN4O4. The summed E-state index contributed by atoms with van der Waals surface area (Å²) >= 11 is 6.21. The van der Waals surface area contributed by atoms with Gasteiger partial charge in [0.1, 0.15) is 23.5 Å². The lowest BCUT2D eigenvalue weighted by Gasteiger charge is -2.30. The van der Waals surface area contributed by atoms with Crippen LogP contribution in [0.4, 0.5) is 0 Å². The number of aliphatic hydroxyl groups excluding tert-OH is 1. The van der Waals surface area contributed by atoms with Crippen LogP contribution in [0.15, 0.2) is 103 Å². The van der Waals surface area contributed by atoms with Gasteiger partial charge in [0.25, 0.3) is 0 Å². The number of halogens is 1. The average Bonchev–Trinajstić information content (AvgIpc) is 3.39. The van der Waals surface area contributed by atoms with E-state index in [-0.39, 0.29) is 25.0 Å². The van der Waals surface area contributed by atoms with Gasteiger partial charge < -0.3 is 19.3 Å². The van der Waals surface area contributed by atoms with Crippen molar-refractivity contribution in [3.8, 4) is 0 Å². The van der Waals surface area contributed by atoms with Gasteiger partial charge in [-0.05, 0) is 28.8 Å². The van der Waals surface area contributed by atoms with E-state index in [1.807, 2.05) is 91.0 Å². The highest BCUT2D eigenvalue weighted by Gasteiger charge is 2.36. The normalized spacial score (nSPS) is 13.8. The third kappa shape index (κ3) is 7.26. The van der Waals surface area contributed by atoms with Gasteiger partial charge in [0, 0.05) is 0 Å². The predicted octanol–water partition coefficient (Wildman–Crippen LogP) is 5.20. The smallest absolute Gasteiger partial charge is 0.186 e. The number of rotatable bonds is 13. The second-order valence-electron chi connectivity index (χ2n) is 9.03. The molecule has 8 nitrogen and oxygen atoms in total. The highest BCUT2D eigenvalue weighted by Crippen LogP contribution is 2.28. The Morgan fingerprint density at radius 1 is 0.692 bits per heavy atom. The van der Waals surface area contributed by atoms with Crippen LogP contribution in [0, 0.1) is 0 Å². The molecule has 0 saturated carbocycles. The molecule has 3 atom stereocenters. The molecule has 0 aliphatic carbocycles. The molecule has 2 heterocycles. The SMILES string of the molecule is OC(COCc1ccccc1)C(OCc1ccccc1)C(OCc1ccccc1)c1nnc2ccc(Cl)nn12. The van der Waals surface area contributed by atoms with Crippen molar-refractivity contribution in [3.63, 3.8) is 0 Å². The molecule has 39 heavy (non-hydrogen) atoms. The van der Waals surface area contributed by atoms with Crippen molar-refractivity contribution in [2.45, 2.75) is 38.1 Å². The maximum Gasteiger partial charge on any atom is 0.186 e. The monoisotopic (exact) mass is 544 g/mol. The van der Waals surface area contributed by atoms with Crippen molar-refractivity contribution in [1.29, 1.82) is 0 Å². The lowest BCUT2D eigenvalue weighted by atomic mass is 10.1. The predicted molar refractivity (Wildman–Crippen MR) is 147 cm³/mol. The van der Waals surface area contributed by atoms with Crippen LogP contribution in [0.3, 0.4) is 0 Å². The fraction of sp³-hybridized carbons (Fsp3) is 0.233. The van der Waals surface area contributed by atoms with Gasteiger partial charge in [-0.1, -0.05) is 103 Å². The molecule has 3 aromatic carbocycles. The maximum absolute atomic E-state index is 11.4. The van der Waals surface area contributed by atoms with E-state index < -0.39 is 18.3 Å². The summed E-state index contributed by atoms with van der Waals surface area (Å²) in [6, 6.07) is 32.7. The zero-order valence-electron chi connectivity index (χ0n) is 21.2. The Morgan fingerprint density at radius 3 is 1.87 bits per heavy atom. The average molecular weight is 545 g/mol. The minimum atomic E-state index is -1.05. The van der Waals surface area contributed by atoms with Crippen LogP contribution >= 0.6 is 11.6 Å². The lowest BCUT2D eigenvalue weighted by molar-refractivity contribution is -0.152. The first-order valence-corrected chi connectivity index (χ1v) is 13.0. The number of ether oxygens (including phenoxy) is 3. The van der Waals surface area contributed by atoms with Gasteiger partial charge in [-0.15, -0.1) is 10.2 Å². The van der Waals surface area contributed by atoms with E-state index in [1.165, 1.54) is 4.52 Å². The topological polar surface area (TPSA) is 91.0 Å². The minimum Gasteiger partial charge on any atom is -0.388 e. The van der Waals surface area contributed by atoms with Crippen LogP contribution in [0.1, 0.15) is 28.6 Å². The third-order valence-electron chi connectivity index (χ3n) is 6.14. The minimum absolute atomic E-state index is 0.0183. The van der Waals surface area contributed by atoms with Crippen molar-refractivity contribution in [2.24, 2.45) is 0 Å². The molecule has 0 saturated heterocycles. The van der Waals surface area contributed by atoms with Crippen LogP contribution in [0.25, 0.3) is 5.65 Å². The Hall–Kier alpha value is -3.66. The number of aromatic nitrogens is 4. The molecule has 2 aromatic heterocycles. The van der Waals surface area contributed by atoms with Crippen molar-refractivity contribution in [1.82, 2.24) is 19.8 Å². The van der Waals surface area contributed by atoms with Crippen LogP contribution in [0.2, 0.25) is 5.15 Å².